The normalized spacial score (nSPS) is 10.5. The lowest BCUT2D eigenvalue weighted by Crippen LogP contribution is -2.32. The molecule has 5 heteroatoms. The van der Waals surface area contributed by atoms with E-state index >= 15 is 0 Å². The minimum absolute atomic E-state index is 0.00851. The lowest BCUT2D eigenvalue weighted by molar-refractivity contribution is -0.125. The Hall–Kier alpha value is -2.87. The molecule has 0 fully saturated rings. The monoisotopic (exact) mass is 299 g/mol. The van der Waals surface area contributed by atoms with Gasteiger partial charge in [-0.3, -0.25) is 4.79 Å². The Morgan fingerprint density at radius 1 is 1.27 bits per heavy atom. The molecule has 0 radical (unpaired) electrons. The summed E-state index contributed by atoms with van der Waals surface area (Å²) in [7, 11) is 0. The molecule has 0 aliphatic heterocycles. The summed E-state index contributed by atoms with van der Waals surface area (Å²) in [5.41, 5.74) is 0.835. The average Bonchev–Trinajstić information content (AvgIpc) is 2.52. The maximum Gasteiger partial charge on any atom is 0.266 e. The molecule has 0 atom stereocenters. The quantitative estimate of drug-likeness (QED) is 0.456. The van der Waals surface area contributed by atoms with Gasteiger partial charge in [-0.1, -0.05) is 24.3 Å². The maximum absolute atomic E-state index is 12.8. The molecule has 114 valence electrons. The maximum atomic E-state index is 12.8. The highest BCUT2D eigenvalue weighted by Gasteiger charge is 2.15. The predicted molar refractivity (Wildman–Crippen MR) is 83.9 cm³/mol. The molecule has 0 aliphatic rings. The van der Waals surface area contributed by atoms with Crippen LogP contribution < -0.4 is 5.32 Å². The molecular formula is C17H18FN3O. The smallest absolute Gasteiger partial charge is 0.266 e. The molecule has 1 aromatic rings. The number of hydrogen-bond donors (Lipinski definition) is 1. The minimum Gasteiger partial charge on any atom is -0.386 e. The molecule has 1 aromatic carbocycles. The summed E-state index contributed by atoms with van der Waals surface area (Å²) in [6.45, 7) is 8.23. The molecule has 0 aliphatic carbocycles. The summed E-state index contributed by atoms with van der Waals surface area (Å²) in [6.07, 6.45) is 4.54. The molecule has 0 unspecified atom stereocenters. The van der Waals surface area contributed by atoms with Gasteiger partial charge in [-0.2, -0.15) is 5.26 Å². The van der Waals surface area contributed by atoms with Gasteiger partial charge in [0.15, 0.2) is 0 Å². The van der Waals surface area contributed by atoms with Gasteiger partial charge in [0.2, 0.25) is 0 Å². The Labute approximate surface area is 129 Å². The van der Waals surface area contributed by atoms with Crippen LogP contribution in [0.4, 0.5) is 4.39 Å². The minimum atomic E-state index is -0.395. The van der Waals surface area contributed by atoms with E-state index < -0.39 is 5.91 Å². The zero-order valence-electron chi connectivity index (χ0n) is 12.3. The van der Waals surface area contributed by atoms with E-state index in [4.69, 9.17) is 5.26 Å². The summed E-state index contributed by atoms with van der Waals surface area (Å²) >= 11 is 0. The first-order chi connectivity index (χ1) is 10.6. The van der Waals surface area contributed by atoms with Crippen LogP contribution in [0.25, 0.3) is 0 Å². The number of carbonyl (C=O) groups excluding carboxylic acids is 1. The Morgan fingerprint density at radius 2 is 1.86 bits per heavy atom. The van der Waals surface area contributed by atoms with Gasteiger partial charge in [-0.25, -0.2) is 4.39 Å². The van der Waals surface area contributed by atoms with Crippen molar-refractivity contribution in [3.63, 3.8) is 0 Å². The van der Waals surface area contributed by atoms with Crippen LogP contribution >= 0.6 is 0 Å². The molecule has 1 N–H and O–H groups in total. The summed E-state index contributed by atoms with van der Waals surface area (Å²) in [5.74, 6) is -0.703. The molecule has 1 amide bonds. The Bertz CT molecular complexity index is 589. The van der Waals surface area contributed by atoms with Crippen LogP contribution in [0.2, 0.25) is 0 Å². The van der Waals surface area contributed by atoms with Crippen molar-refractivity contribution in [3.8, 4) is 6.07 Å². The first kappa shape index (κ1) is 17.2. The predicted octanol–water partition coefficient (Wildman–Crippen LogP) is 2.52. The van der Waals surface area contributed by atoms with Crippen LogP contribution in [0.3, 0.4) is 0 Å². The first-order valence-electron chi connectivity index (χ1n) is 6.71. The fraction of sp³-hybridized carbons (Fsp3) is 0.176. The fourth-order valence-corrected chi connectivity index (χ4v) is 1.74. The standard InChI is InChI=1S/C17H18FN3O/c1-3-9-21(10-4-2)17(22)15(11-19)13-20-12-14-5-7-16(18)8-6-14/h3-8,13,20H,1-2,9-10,12H2/b15-13-. The van der Waals surface area contributed by atoms with E-state index in [0.717, 1.165) is 5.56 Å². The van der Waals surface area contributed by atoms with Gasteiger partial charge in [0, 0.05) is 25.8 Å². The van der Waals surface area contributed by atoms with Crippen molar-refractivity contribution in [2.75, 3.05) is 13.1 Å². The second kappa shape index (κ2) is 9.14. The molecule has 0 saturated heterocycles. The highest BCUT2D eigenvalue weighted by Crippen LogP contribution is 2.04. The average molecular weight is 299 g/mol. The Morgan fingerprint density at radius 3 is 2.36 bits per heavy atom. The fourth-order valence-electron chi connectivity index (χ4n) is 1.74. The number of halogens is 1. The van der Waals surface area contributed by atoms with Gasteiger partial charge >= 0.3 is 0 Å². The van der Waals surface area contributed by atoms with Crippen molar-refractivity contribution in [3.05, 3.63) is 72.7 Å². The topological polar surface area (TPSA) is 56.1 Å². The van der Waals surface area contributed by atoms with Crippen LogP contribution in [-0.2, 0) is 11.3 Å². The summed E-state index contributed by atoms with van der Waals surface area (Å²) in [4.78, 5) is 13.6. The molecule has 0 aromatic heterocycles. The van der Waals surface area contributed by atoms with Crippen molar-refractivity contribution in [1.29, 1.82) is 5.26 Å². The van der Waals surface area contributed by atoms with E-state index in [-0.39, 0.29) is 11.4 Å². The summed E-state index contributed by atoms with van der Waals surface area (Å²) < 4.78 is 12.8. The lowest BCUT2D eigenvalue weighted by atomic mass is 10.2. The summed E-state index contributed by atoms with van der Waals surface area (Å²) in [6, 6.07) is 7.84. The van der Waals surface area contributed by atoms with E-state index in [2.05, 4.69) is 18.5 Å². The SMILES string of the molecule is C=CCN(CC=C)C(=O)/C(C#N)=C\NCc1ccc(F)cc1. The highest BCUT2D eigenvalue weighted by atomic mass is 19.1. The van der Waals surface area contributed by atoms with Gasteiger partial charge < -0.3 is 10.2 Å². The zero-order chi connectivity index (χ0) is 16.4. The molecular weight excluding hydrogens is 281 g/mol. The molecule has 0 saturated carbocycles. The van der Waals surface area contributed by atoms with Crippen LogP contribution in [0.15, 0.2) is 61.3 Å². The third-order valence-electron chi connectivity index (χ3n) is 2.80. The molecule has 0 spiro atoms. The van der Waals surface area contributed by atoms with Crippen molar-refractivity contribution in [1.82, 2.24) is 10.2 Å². The van der Waals surface area contributed by atoms with E-state index in [9.17, 15) is 9.18 Å². The van der Waals surface area contributed by atoms with Crippen molar-refractivity contribution >= 4 is 5.91 Å². The lowest BCUT2D eigenvalue weighted by Gasteiger charge is -2.18. The van der Waals surface area contributed by atoms with Gasteiger partial charge in [0.1, 0.15) is 17.5 Å². The molecule has 4 nitrogen and oxygen atoms in total. The number of carbonyl (C=O) groups is 1. The molecule has 22 heavy (non-hydrogen) atoms. The second-order valence-corrected chi connectivity index (χ2v) is 4.46. The van der Waals surface area contributed by atoms with E-state index in [1.807, 2.05) is 6.07 Å². The largest absolute Gasteiger partial charge is 0.386 e. The van der Waals surface area contributed by atoms with Crippen molar-refractivity contribution < 1.29 is 9.18 Å². The van der Waals surface area contributed by atoms with E-state index in [1.165, 1.54) is 23.2 Å². The van der Waals surface area contributed by atoms with Crippen molar-refractivity contribution in [2.24, 2.45) is 0 Å². The number of nitrogens with zero attached hydrogens (tertiary/aromatic N) is 2. The third kappa shape index (κ3) is 5.25. The van der Waals surface area contributed by atoms with E-state index in [1.54, 1.807) is 24.3 Å². The zero-order valence-corrected chi connectivity index (χ0v) is 12.3. The van der Waals surface area contributed by atoms with Crippen molar-refractivity contribution in [2.45, 2.75) is 6.54 Å². The van der Waals surface area contributed by atoms with Gasteiger partial charge in [0.25, 0.3) is 5.91 Å². The number of rotatable bonds is 8. The molecule has 0 bridgehead atoms. The van der Waals surface area contributed by atoms with Crippen LogP contribution in [-0.4, -0.2) is 23.9 Å². The van der Waals surface area contributed by atoms with Gasteiger partial charge in [-0.15, -0.1) is 13.2 Å². The van der Waals surface area contributed by atoms with E-state index in [0.29, 0.717) is 19.6 Å². The van der Waals surface area contributed by atoms with Crippen LogP contribution in [0.1, 0.15) is 5.56 Å². The number of amides is 1. The summed E-state index contributed by atoms with van der Waals surface area (Å²) in [5, 5.41) is 12.0. The Balaban J connectivity index is 2.70. The Kier molecular flexibility index (Phi) is 7.14. The number of hydrogen-bond acceptors (Lipinski definition) is 3. The first-order valence-corrected chi connectivity index (χ1v) is 6.71. The number of benzene rings is 1. The molecule has 1 rings (SSSR count). The molecule has 0 heterocycles. The van der Waals surface area contributed by atoms with Gasteiger partial charge in [-0.05, 0) is 17.7 Å². The second-order valence-electron chi connectivity index (χ2n) is 4.46. The highest BCUT2D eigenvalue weighted by molar-refractivity contribution is 5.97. The number of nitriles is 1. The number of nitrogens with one attached hydrogen (secondary N) is 1. The van der Waals surface area contributed by atoms with Crippen LogP contribution in [0.5, 0.6) is 0 Å². The third-order valence-corrected chi connectivity index (χ3v) is 2.80. The van der Waals surface area contributed by atoms with Crippen LogP contribution in [0, 0.1) is 17.1 Å². The van der Waals surface area contributed by atoms with Gasteiger partial charge in [0.05, 0.1) is 0 Å².